The van der Waals surface area contributed by atoms with Crippen LogP contribution in [0.25, 0.3) is 0 Å². The number of unbranched alkanes of at least 4 members (excludes halogenated alkanes) is 9. The van der Waals surface area contributed by atoms with Crippen LogP contribution >= 0.6 is 11.6 Å². The predicted octanol–water partition coefficient (Wildman–Crippen LogP) is 6.81. The number of benzene rings is 1. The van der Waals surface area contributed by atoms with Crippen molar-refractivity contribution >= 4 is 33.3 Å². The molecule has 0 saturated heterocycles. The first-order valence-electron chi connectivity index (χ1n) is 12.3. The Bertz CT molecular complexity index is 841. The van der Waals surface area contributed by atoms with E-state index in [0.717, 1.165) is 19.3 Å². The Morgan fingerprint density at radius 2 is 1.58 bits per heavy atom. The monoisotopic (exact) mass is 500 g/mol. The molecule has 0 atom stereocenters. The number of carbonyl (C=O) groups is 1. The van der Waals surface area contributed by atoms with Gasteiger partial charge in [0, 0.05) is 18.3 Å². The van der Waals surface area contributed by atoms with Crippen molar-refractivity contribution in [2.45, 2.75) is 96.3 Å². The Kier molecular flexibility index (Phi) is 15.1. The van der Waals surface area contributed by atoms with Crippen LogP contribution in [-0.2, 0) is 19.6 Å². The van der Waals surface area contributed by atoms with Crippen molar-refractivity contribution < 1.29 is 17.9 Å². The van der Waals surface area contributed by atoms with Crippen molar-refractivity contribution in [3.8, 4) is 0 Å². The number of sulfonamides is 1. The van der Waals surface area contributed by atoms with Gasteiger partial charge < -0.3 is 10.1 Å². The highest BCUT2D eigenvalue weighted by Gasteiger charge is 2.16. The molecule has 1 aromatic rings. The predicted molar refractivity (Wildman–Crippen MR) is 137 cm³/mol. The third-order valence-electron chi connectivity index (χ3n) is 5.33. The van der Waals surface area contributed by atoms with Crippen LogP contribution in [0, 0.1) is 0 Å². The van der Waals surface area contributed by atoms with Gasteiger partial charge in [-0.15, -0.1) is 0 Å². The van der Waals surface area contributed by atoms with Gasteiger partial charge >= 0.3 is 5.97 Å². The first kappa shape index (κ1) is 29.5. The van der Waals surface area contributed by atoms with E-state index in [2.05, 4.69) is 17.0 Å². The van der Waals surface area contributed by atoms with Gasteiger partial charge in [-0.1, -0.05) is 83.2 Å². The van der Waals surface area contributed by atoms with Gasteiger partial charge in [0.1, 0.15) is 0 Å². The minimum atomic E-state index is -3.64. The first-order valence-corrected chi connectivity index (χ1v) is 14.1. The maximum Gasteiger partial charge on any atom is 0.332 e. The number of hydrogen-bond acceptors (Lipinski definition) is 5. The van der Waals surface area contributed by atoms with Crippen LogP contribution in [-0.4, -0.2) is 27.5 Å². The molecule has 0 aromatic heterocycles. The lowest BCUT2D eigenvalue weighted by Gasteiger charge is -2.13. The summed E-state index contributed by atoms with van der Waals surface area (Å²) in [7, 11) is -3.64. The van der Waals surface area contributed by atoms with Gasteiger partial charge in [0.2, 0.25) is 10.0 Å². The number of rotatable bonds is 18. The number of allylic oxidation sites excluding steroid dienone is 1. The van der Waals surface area contributed by atoms with Crippen LogP contribution in [0.15, 0.2) is 34.9 Å². The van der Waals surface area contributed by atoms with Gasteiger partial charge in [0.05, 0.1) is 22.2 Å². The van der Waals surface area contributed by atoms with Crippen LogP contribution < -0.4 is 10.0 Å². The van der Waals surface area contributed by atoms with E-state index in [1.165, 1.54) is 69.2 Å². The van der Waals surface area contributed by atoms with Crippen molar-refractivity contribution in [2.24, 2.45) is 0 Å². The fourth-order valence-electron chi connectivity index (χ4n) is 3.40. The summed E-state index contributed by atoms with van der Waals surface area (Å²) in [5.74, 6) is -0.458. The molecule has 6 nitrogen and oxygen atoms in total. The van der Waals surface area contributed by atoms with Crippen molar-refractivity contribution in [1.82, 2.24) is 4.72 Å². The highest BCUT2D eigenvalue weighted by molar-refractivity contribution is 7.89. The Labute approximate surface area is 205 Å². The van der Waals surface area contributed by atoms with E-state index in [4.69, 9.17) is 16.3 Å². The van der Waals surface area contributed by atoms with Crippen LogP contribution in [0.1, 0.15) is 91.4 Å². The minimum Gasteiger partial charge on any atom is -0.463 e. The SMILES string of the molecule is CCCCCCCCCCCCNS(=O)(=O)c1ccc(Cl)c(NC(=CC(=O)OCC)CC)c1. The van der Waals surface area contributed by atoms with Gasteiger partial charge in [-0.05, 0) is 38.0 Å². The van der Waals surface area contributed by atoms with Crippen molar-refractivity contribution in [3.05, 3.63) is 35.0 Å². The normalized spacial score (nSPS) is 12.1. The second-order valence-electron chi connectivity index (χ2n) is 8.12. The zero-order chi connectivity index (χ0) is 24.5. The molecule has 0 unspecified atom stereocenters. The second kappa shape index (κ2) is 17.0. The molecule has 8 heteroatoms. The molecule has 0 heterocycles. The standard InChI is InChI=1S/C25H41ClN2O4S/c1-4-7-8-9-10-11-12-13-14-15-18-27-33(30,31)22-16-17-23(26)24(20-22)28-21(5-2)19-25(29)32-6-3/h16-17,19-20,27-28H,4-15,18H2,1-3H3. The average molecular weight is 501 g/mol. The highest BCUT2D eigenvalue weighted by Crippen LogP contribution is 2.27. The van der Waals surface area contributed by atoms with Crippen LogP contribution in [0.2, 0.25) is 5.02 Å². The number of halogens is 1. The summed E-state index contributed by atoms with van der Waals surface area (Å²) in [5, 5.41) is 3.41. The molecule has 0 fully saturated rings. The van der Waals surface area contributed by atoms with Gasteiger partial charge in [-0.25, -0.2) is 17.9 Å². The number of ether oxygens (including phenoxy) is 1. The van der Waals surface area contributed by atoms with E-state index < -0.39 is 16.0 Å². The topological polar surface area (TPSA) is 84.5 Å². The van der Waals surface area contributed by atoms with Gasteiger partial charge in [-0.3, -0.25) is 0 Å². The number of anilines is 1. The molecule has 2 N–H and O–H groups in total. The molecular weight excluding hydrogens is 460 g/mol. The average Bonchev–Trinajstić information content (AvgIpc) is 2.78. The molecule has 0 aliphatic carbocycles. The minimum absolute atomic E-state index is 0.132. The number of nitrogens with one attached hydrogen (secondary N) is 2. The summed E-state index contributed by atoms with van der Waals surface area (Å²) < 4.78 is 33.0. The molecule has 0 aliphatic heterocycles. The Hall–Kier alpha value is -1.57. The lowest BCUT2D eigenvalue weighted by Crippen LogP contribution is -2.24. The Morgan fingerprint density at radius 1 is 0.970 bits per heavy atom. The highest BCUT2D eigenvalue weighted by atomic mass is 35.5. The summed E-state index contributed by atoms with van der Waals surface area (Å²) in [6, 6.07) is 4.50. The van der Waals surface area contributed by atoms with Crippen molar-refractivity contribution in [2.75, 3.05) is 18.5 Å². The maximum atomic E-state index is 12.7. The molecule has 0 spiro atoms. The second-order valence-corrected chi connectivity index (χ2v) is 10.3. The van der Waals surface area contributed by atoms with Crippen molar-refractivity contribution in [1.29, 1.82) is 0 Å². The quantitative estimate of drug-likeness (QED) is 0.131. The molecule has 188 valence electrons. The van der Waals surface area contributed by atoms with Crippen LogP contribution in [0.3, 0.4) is 0 Å². The summed E-state index contributed by atoms with van der Waals surface area (Å²) in [4.78, 5) is 11.9. The Morgan fingerprint density at radius 3 is 2.15 bits per heavy atom. The molecule has 0 amide bonds. The molecule has 0 aliphatic rings. The summed E-state index contributed by atoms with van der Waals surface area (Å²) in [6.07, 6.45) is 13.9. The molecule has 1 rings (SSSR count). The van der Waals surface area contributed by atoms with Gasteiger partial charge in [-0.2, -0.15) is 0 Å². The van der Waals surface area contributed by atoms with Gasteiger partial charge in [0.25, 0.3) is 0 Å². The number of hydrogen-bond donors (Lipinski definition) is 2. The zero-order valence-electron chi connectivity index (χ0n) is 20.4. The molecule has 0 saturated carbocycles. The molecule has 33 heavy (non-hydrogen) atoms. The molecule has 1 aromatic carbocycles. The lowest BCUT2D eigenvalue weighted by molar-refractivity contribution is -0.137. The molecule has 0 radical (unpaired) electrons. The van der Waals surface area contributed by atoms with E-state index in [-0.39, 0.29) is 11.5 Å². The first-order chi connectivity index (χ1) is 15.8. The summed E-state index contributed by atoms with van der Waals surface area (Å²) >= 11 is 6.25. The zero-order valence-corrected chi connectivity index (χ0v) is 22.0. The Balaban J connectivity index is 2.52. The van der Waals surface area contributed by atoms with Gasteiger partial charge in [0.15, 0.2) is 0 Å². The lowest BCUT2D eigenvalue weighted by atomic mass is 10.1. The van der Waals surface area contributed by atoms with E-state index in [1.807, 2.05) is 6.92 Å². The molecular formula is C25H41ClN2O4S. The third-order valence-corrected chi connectivity index (χ3v) is 7.11. The fraction of sp³-hybridized carbons (Fsp3) is 0.640. The van der Waals surface area contributed by atoms with E-state index in [1.54, 1.807) is 6.92 Å². The summed E-state index contributed by atoms with van der Waals surface area (Å²) in [6.45, 7) is 6.53. The maximum absolute atomic E-state index is 12.7. The van der Waals surface area contributed by atoms with Crippen molar-refractivity contribution in [3.63, 3.8) is 0 Å². The fourth-order valence-corrected chi connectivity index (χ4v) is 4.66. The third kappa shape index (κ3) is 12.5. The van der Waals surface area contributed by atoms with Crippen LogP contribution in [0.5, 0.6) is 0 Å². The number of carbonyl (C=O) groups excluding carboxylic acids is 1. The molecule has 0 bridgehead atoms. The smallest absolute Gasteiger partial charge is 0.332 e. The summed E-state index contributed by atoms with van der Waals surface area (Å²) in [5.41, 5.74) is 1.01. The van der Waals surface area contributed by atoms with Crippen LogP contribution in [0.4, 0.5) is 5.69 Å². The van der Waals surface area contributed by atoms with E-state index >= 15 is 0 Å². The van der Waals surface area contributed by atoms with E-state index in [9.17, 15) is 13.2 Å². The van der Waals surface area contributed by atoms with E-state index in [0.29, 0.717) is 29.4 Å². The number of esters is 1. The largest absolute Gasteiger partial charge is 0.463 e.